The lowest BCUT2D eigenvalue weighted by Gasteiger charge is -2.10. The van der Waals surface area contributed by atoms with Gasteiger partial charge in [0.1, 0.15) is 34.8 Å². The Hall–Kier alpha value is -3.95. The first kappa shape index (κ1) is 17.5. The molecule has 0 saturated carbocycles. The van der Waals surface area contributed by atoms with Gasteiger partial charge in [-0.05, 0) is 25.1 Å². The number of rotatable bonds is 4. The van der Waals surface area contributed by atoms with E-state index in [1.54, 1.807) is 17.5 Å². The molecule has 28 heavy (non-hydrogen) atoms. The molecule has 140 valence electrons. The third kappa shape index (κ3) is 3.47. The van der Waals surface area contributed by atoms with Crippen LogP contribution in [0.5, 0.6) is 11.5 Å². The molecule has 0 aromatic carbocycles. The van der Waals surface area contributed by atoms with E-state index in [4.69, 9.17) is 4.74 Å². The highest BCUT2D eigenvalue weighted by Gasteiger charge is 2.17. The van der Waals surface area contributed by atoms with Crippen LogP contribution in [-0.2, 0) is 0 Å². The number of carbonyl (C=O) groups excluding carboxylic acids is 1. The van der Waals surface area contributed by atoms with E-state index in [2.05, 4.69) is 25.5 Å². The van der Waals surface area contributed by atoms with Crippen LogP contribution in [0.25, 0.3) is 5.65 Å². The highest BCUT2D eigenvalue weighted by Crippen LogP contribution is 2.25. The second-order valence-electron chi connectivity index (χ2n) is 5.79. The molecule has 4 aromatic rings. The SMILES string of the molecule is Cc1nnc2c(C(=O)Nc3ccc(F)cn3)cc(Oc3cncc(F)c3)cn12. The molecule has 0 aliphatic carbocycles. The second kappa shape index (κ2) is 6.99. The monoisotopic (exact) mass is 382 g/mol. The van der Waals surface area contributed by atoms with Crippen molar-refractivity contribution in [2.24, 2.45) is 0 Å². The first-order valence-electron chi connectivity index (χ1n) is 8.06. The number of anilines is 1. The first-order chi connectivity index (χ1) is 13.5. The lowest BCUT2D eigenvalue weighted by molar-refractivity contribution is 0.102. The van der Waals surface area contributed by atoms with Crippen LogP contribution >= 0.6 is 0 Å². The third-order valence-corrected chi connectivity index (χ3v) is 3.78. The standard InChI is InChI=1S/C18H12F2N6O2/c1-10-24-25-17-15(18(27)23-16-3-2-11(19)7-22-16)5-14(9-26(10)17)28-13-4-12(20)6-21-8-13/h2-9H,1H3,(H,22,23,27). The molecule has 0 radical (unpaired) electrons. The fourth-order valence-electron chi connectivity index (χ4n) is 2.52. The van der Waals surface area contributed by atoms with E-state index in [0.717, 1.165) is 12.4 Å². The van der Waals surface area contributed by atoms with Crippen LogP contribution in [0.4, 0.5) is 14.6 Å². The van der Waals surface area contributed by atoms with E-state index in [0.29, 0.717) is 11.5 Å². The number of carbonyl (C=O) groups is 1. The molecular formula is C18H12F2N6O2. The van der Waals surface area contributed by atoms with Crippen molar-refractivity contribution in [2.45, 2.75) is 6.92 Å². The molecule has 0 spiro atoms. The van der Waals surface area contributed by atoms with Gasteiger partial charge < -0.3 is 10.1 Å². The number of pyridine rings is 3. The maximum absolute atomic E-state index is 13.4. The predicted octanol–water partition coefficient (Wildman–Crippen LogP) is 3.15. The zero-order chi connectivity index (χ0) is 19.7. The number of amides is 1. The van der Waals surface area contributed by atoms with Crippen molar-refractivity contribution in [3.8, 4) is 11.5 Å². The summed E-state index contributed by atoms with van der Waals surface area (Å²) in [6.07, 6.45) is 4.95. The van der Waals surface area contributed by atoms with Crippen molar-refractivity contribution in [1.29, 1.82) is 0 Å². The predicted molar refractivity (Wildman–Crippen MR) is 94.1 cm³/mol. The van der Waals surface area contributed by atoms with Crippen molar-refractivity contribution >= 4 is 17.4 Å². The fourth-order valence-corrected chi connectivity index (χ4v) is 2.52. The fraction of sp³-hybridized carbons (Fsp3) is 0.0556. The van der Waals surface area contributed by atoms with Gasteiger partial charge >= 0.3 is 0 Å². The van der Waals surface area contributed by atoms with Crippen LogP contribution in [0.2, 0.25) is 0 Å². The number of hydrogen-bond acceptors (Lipinski definition) is 6. The van der Waals surface area contributed by atoms with Crippen molar-refractivity contribution in [3.63, 3.8) is 0 Å². The average molecular weight is 382 g/mol. The molecule has 0 bridgehead atoms. The molecule has 8 nitrogen and oxygen atoms in total. The number of ether oxygens (including phenoxy) is 1. The van der Waals surface area contributed by atoms with Gasteiger partial charge in [0.15, 0.2) is 5.65 Å². The van der Waals surface area contributed by atoms with Gasteiger partial charge in [-0.3, -0.25) is 14.2 Å². The van der Waals surface area contributed by atoms with E-state index in [1.165, 1.54) is 30.5 Å². The summed E-state index contributed by atoms with van der Waals surface area (Å²) < 4.78 is 33.5. The first-order valence-corrected chi connectivity index (χ1v) is 8.06. The molecular weight excluding hydrogens is 370 g/mol. The summed E-state index contributed by atoms with van der Waals surface area (Å²) in [5.74, 6) is -0.517. The maximum Gasteiger partial charge on any atom is 0.260 e. The summed E-state index contributed by atoms with van der Waals surface area (Å²) in [6.45, 7) is 1.71. The number of nitrogens with one attached hydrogen (secondary N) is 1. The number of hydrogen-bond donors (Lipinski definition) is 1. The zero-order valence-corrected chi connectivity index (χ0v) is 14.4. The summed E-state index contributed by atoms with van der Waals surface area (Å²) >= 11 is 0. The number of aryl methyl sites for hydroxylation is 1. The summed E-state index contributed by atoms with van der Waals surface area (Å²) in [5.41, 5.74) is 0.440. The minimum Gasteiger partial charge on any atom is -0.454 e. The van der Waals surface area contributed by atoms with Crippen molar-refractivity contribution < 1.29 is 18.3 Å². The van der Waals surface area contributed by atoms with E-state index in [1.807, 2.05) is 0 Å². The van der Waals surface area contributed by atoms with Gasteiger partial charge in [-0.2, -0.15) is 0 Å². The number of fused-ring (bicyclic) bond motifs is 1. The molecule has 0 unspecified atom stereocenters. The Labute approximate surface area is 156 Å². The van der Waals surface area contributed by atoms with Gasteiger partial charge in [0.2, 0.25) is 0 Å². The molecule has 4 aromatic heterocycles. The maximum atomic E-state index is 13.4. The topological polar surface area (TPSA) is 94.3 Å². The molecule has 10 heteroatoms. The summed E-state index contributed by atoms with van der Waals surface area (Å²) in [7, 11) is 0. The molecule has 0 aliphatic rings. The highest BCUT2D eigenvalue weighted by atomic mass is 19.1. The van der Waals surface area contributed by atoms with Gasteiger partial charge in [-0.25, -0.2) is 13.8 Å². The Morgan fingerprint density at radius 1 is 1.07 bits per heavy atom. The number of nitrogens with zero attached hydrogens (tertiary/aromatic N) is 5. The summed E-state index contributed by atoms with van der Waals surface area (Å²) in [6, 6.07) is 5.11. The minimum atomic E-state index is -0.556. The van der Waals surface area contributed by atoms with Crippen molar-refractivity contribution in [3.05, 3.63) is 72.1 Å². The Morgan fingerprint density at radius 3 is 2.68 bits per heavy atom. The molecule has 4 heterocycles. The van der Waals surface area contributed by atoms with E-state index in [-0.39, 0.29) is 22.9 Å². The molecule has 1 N–H and O–H groups in total. The molecule has 0 aliphatic heterocycles. The lowest BCUT2D eigenvalue weighted by atomic mass is 10.2. The van der Waals surface area contributed by atoms with Gasteiger partial charge in [-0.15, -0.1) is 10.2 Å². The van der Waals surface area contributed by atoms with Crippen LogP contribution in [0.3, 0.4) is 0 Å². The minimum absolute atomic E-state index is 0.147. The number of halogens is 2. The Bertz CT molecular complexity index is 1180. The molecule has 4 rings (SSSR count). The van der Waals surface area contributed by atoms with Gasteiger partial charge in [0, 0.05) is 6.07 Å². The molecule has 0 saturated heterocycles. The van der Waals surface area contributed by atoms with Crippen LogP contribution in [0.1, 0.15) is 16.2 Å². The van der Waals surface area contributed by atoms with E-state index < -0.39 is 17.5 Å². The van der Waals surface area contributed by atoms with Gasteiger partial charge in [0.05, 0.1) is 30.4 Å². The Balaban J connectivity index is 1.72. The quantitative estimate of drug-likeness (QED) is 0.583. The summed E-state index contributed by atoms with van der Waals surface area (Å²) in [4.78, 5) is 20.2. The van der Waals surface area contributed by atoms with Crippen LogP contribution in [0, 0.1) is 18.6 Å². The third-order valence-electron chi connectivity index (χ3n) is 3.78. The van der Waals surface area contributed by atoms with Gasteiger partial charge in [0.25, 0.3) is 5.91 Å². The highest BCUT2D eigenvalue weighted by molar-refractivity contribution is 6.08. The normalized spacial score (nSPS) is 10.8. The number of aromatic nitrogens is 5. The average Bonchev–Trinajstić information content (AvgIpc) is 3.04. The molecule has 1 amide bonds. The van der Waals surface area contributed by atoms with E-state index in [9.17, 15) is 13.6 Å². The van der Waals surface area contributed by atoms with Crippen molar-refractivity contribution in [2.75, 3.05) is 5.32 Å². The van der Waals surface area contributed by atoms with E-state index >= 15 is 0 Å². The van der Waals surface area contributed by atoms with Gasteiger partial charge in [-0.1, -0.05) is 0 Å². The Morgan fingerprint density at radius 2 is 1.93 bits per heavy atom. The molecule has 0 fully saturated rings. The zero-order valence-electron chi connectivity index (χ0n) is 14.4. The second-order valence-corrected chi connectivity index (χ2v) is 5.79. The summed E-state index contributed by atoms with van der Waals surface area (Å²) in [5, 5.41) is 10.5. The smallest absolute Gasteiger partial charge is 0.260 e. The lowest BCUT2D eigenvalue weighted by Crippen LogP contribution is -2.15. The van der Waals surface area contributed by atoms with Crippen LogP contribution in [-0.4, -0.2) is 30.5 Å². The van der Waals surface area contributed by atoms with Crippen LogP contribution < -0.4 is 10.1 Å². The molecule has 0 atom stereocenters. The van der Waals surface area contributed by atoms with Crippen LogP contribution in [0.15, 0.2) is 49.1 Å². The Kier molecular flexibility index (Phi) is 4.36. The largest absolute Gasteiger partial charge is 0.454 e. The van der Waals surface area contributed by atoms with Crippen molar-refractivity contribution in [1.82, 2.24) is 24.6 Å².